The molecule has 1 atom stereocenters. The molecule has 21 heavy (non-hydrogen) atoms. The van der Waals surface area contributed by atoms with Gasteiger partial charge in [0, 0.05) is 18.6 Å². The van der Waals surface area contributed by atoms with Crippen LogP contribution in [0.2, 0.25) is 10.0 Å². The summed E-state index contributed by atoms with van der Waals surface area (Å²) < 4.78 is 5.34. The number of ether oxygens (including phenoxy) is 1. The van der Waals surface area contributed by atoms with Gasteiger partial charge in [0.15, 0.2) is 5.75 Å². The highest BCUT2D eigenvalue weighted by Crippen LogP contribution is 2.36. The van der Waals surface area contributed by atoms with Gasteiger partial charge in [-0.25, -0.2) is 0 Å². The van der Waals surface area contributed by atoms with Gasteiger partial charge >= 0.3 is 5.97 Å². The monoisotopic (exact) mass is 336 g/mol. The number of carboxylic acid groups (broad SMARTS) is 1. The molecular weight excluding hydrogens is 323 g/mol. The van der Waals surface area contributed by atoms with E-state index in [9.17, 15) is 14.9 Å². The van der Waals surface area contributed by atoms with Crippen molar-refractivity contribution in [3.05, 3.63) is 32.3 Å². The summed E-state index contributed by atoms with van der Waals surface area (Å²) in [5, 5.41) is 22.4. The molecule has 1 aromatic carbocycles. The van der Waals surface area contributed by atoms with Crippen molar-refractivity contribution in [3.63, 3.8) is 0 Å². The van der Waals surface area contributed by atoms with Crippen molar-refractivity contribution >= 4 is 34.9 Å². The van der Waals surface area contributed by atoms with Gasteiger partial charge in [-0.2, -0.15) is 0 Å². The van der Waals surface area contributed by atoms with Crippen LogP contribution in [0.15, 0.2) is 12.1 Å². The van der Waals surface area contributed by atoms with E-state index in [1.54, 1.807) is 6.92 Å². The smallest absolute Gasteiger partial charge is 0.320 e. The van der Waals surface area contributed by atoms with Crippen LogP contribution < -0.4 is 10.1 Å². The fourth-order valence-electron chi connectivity index (χ4n) is 1.63. The maximum absolute atomic E-state index is 10.9. The summed E-state index contributed by atoms with van der Waals surface area (Å²) in [6.07, 6.45) is 0.201. The van der Waals surface area contributed by atoms with Crippen LogP contribution >= 0.6 is 23.2 Å². The van der Waals surface area contributed by atoms with Crippen LogP contribution in [0, 0.1) is 10.1 Å². The lowest BCUT2D eigenvalue weighted by atomic mass is 10.2. The van der Waals surface area contributed by atoms with Gasteiger partial charge < -0.3 is 15.2 Å². The Bertz CT molecular complexity index is 515. The molecule has 0 aliphatic carbocycles. The number of carboxylic acids is 1. The minimum Gasteiger partial charge on any atom is -0.490 e. The number of carbonyl (C=O) groups is 1. The number of rotatable bonds is 8. The number of hydrogen-bond donors (Lipinski definition) is 2. The normalized spacial score (nSPS) is 12.0. The van der Waals surface area contributed by atoms with Gasteiger partial charge in [-0.3, -0.25) is 14.9 Å². The van der Waals surface area contributed by atoms with Crippen molar-refractivity contribution < 1.29 is 19.6 Å². The highest BCUT2D eigenvalue weighted by atomic mass is 35.5. The molecule has 0 aliphatic heterocycles. The number of nitrogens with zero attached hydrogens (tertiary/aromatic N) is 1. The third kappa shape index (κ3) is 5.04. The SMILES string of the molecule is CCNC(CCOc1c(Cl)cc([N+](=O)[O-])cc1Cl)C(=O)O. The minimum atomic E-state index is -0.985. The fourth-order valence-corrected chi connectivity index (χ4v) is 2.21. The third-order valence-electron chi connectivity index (χ3n) is 2.60. The summed E-state index contributed by atoms with van der Waals surface area (Å²) in [5.74, 6) is -0.883. The zero-order valence-electron chi connectivity index (χ0n) is 11.1. The summed E-state index contributed by atoms with van der Waals surface area (Å²) >= 11 is 11.7. The van der Waals surface area contributed by atoms with E-state index in [1.165, 1.54) is 0 Å². The number of nitro benzene ring substituents is 1. The van der Waals surface area contributed by atoms with Crippen LogP contribution in [0.25, 0.3) is 0 Å². The van der Waals surface area contributed by atoms with E-state index in [0.717, 1.165) is 12.1 Å². The van der Waals surface area contributed by atoms with E-state index >= 15 is 0 Å². The van der Waals surface area contributed by atoms with Crippen LogP contribution in [0.1, 0.15) is 13.3 Å². The molecule has 0 aliphatic rings. The van der Waals surface area contributed by atoms with Crippen molar-refractivity contribution in [2.24, 2.45) is 0 Å². The lowest BCUT2D eigenvalue weighted by molar-refractivity contribution is -0.384. The molecule has 2 N–H and O–H groups in total. The number of nitrogens with one attached hydrogen (secondary N) is 1. The van der Waals surface area contributed by atoms with Gasteiger partial charge in [-0.1, -0.05) is 30.1 Å². The molecule has 0 saturated heterocycles. The number of likely N-dealkylation sites (N-methyl/N-ethyl adjacent to an activating group) is 1. The Labute approximate surface area is 130 Å². The van der Waals surface area contributed by atoms with E-state index < -0.39 is 16.9 Å². The van der Waals surface area contributed by atoms with Crippen molar-refractivity contribution in [1.29, 1.82) is 0 Å². The van der Waals surface area contributed by atoms with E-state index in [4.69, 9.17) is 33.0 Å². The molecule has 0 saturated carbocycles. The summed E-state index contributed by atoms with van der Waals surface area (Å²) in [5.41, 5.74) is -0.242. The maximum Gasteiger partial charge on any atom is 0.320 e. The topological polar surface area (TPSA) is 102 Å². The van der Waals surface area contributed by atoms with E-state index in [-0.39, 0.29) is 34.5 Å². The quantitative estimate of drug-likeness (QED) is 0.559. The zero-order valence-corrected chi connectivity index (χ0v) is 12.6. The zero-order chi connectivity index (χ0) is 16.0. The molecule has 1 aromatic rings. The first kappa shape index (κ1) is 17.5. The first-order chi connectivity index (χ1) is 9.86. The van der Waals surface area contributed by atoms with Gasteiger partial charge in [-0.05, 0) is 6.54 Å². The van der Waals surface area contributed by atoms with Gasteiger partial charge in [0.25, 0.3) is 5.69 Å². The van der Waals surface area contributed by atoms with Gasteiger partial charge in [0.1, 0.15) is 6.04 Å². The second-order valence-corrected chi connectivity index (χ2v) is 4.90. The highest BCUT2D eigenvalue weighted by molar-refractivity contribution is 6.37. The highest BCUT2D eigenvalue weighted by Gasteiger charge is 2.18. The Morgan fingerprint density at radius 2 is 2.05 bits per heavy atom. The predicted octanol–water partition coefficient (Wildman–Crippen LogP) is 2.73. The van der Waals surface area contributed by atoms with Crippen molar-refractivity contribution in [3.8, 4) is 5.75 Å². The number of hydrogen-bond acceptors (Lipinski definition) is 5. The lowest BCUT2D eigenvalue weighted by Gasteiger charge is -2.14. The molecule has 1 rings (SSSR count). The Balaban J connectivity index is 2.71. The van der Waals surface area contributed by atoms with E-state index in [2.05, 4.69) is 5.32 Å². The number of halogens is 2. The van der Waals surface area contributed by atoms with Crippen LogP contribution in [-0.2, 0) is 4.79 Å². The van der Waals surface area contributed by atoms with Crippen LogP contribution in [-0.4, -0.2) is 35.2 Å². The molecule has 1 unspecified atom stereocenters. The summed E-state index contributed by atoms with van der Waals surface area (Å²) in [6.45, 7) is 2.36. The van der Waals surface area contributed by atoms with Crippen molar-refractivity contribution in [2.45, 2.75) is 19.4 Å². The number of non-ortho nitro benzene ring substituents is 1. The van der Waals surface area contributed by atoms with Gasteiger partial charge in [0.05, 0.1) is 21.6 Å². The average Bonchev–Trinajstić information content (AvgIpc) is 2.39. The van der Waals surface area contributed by atoms with E-state index in [1.807, 2.05) is 0 Å². The van der Waals surface area contributed by atoms with Crippen LogP contribution in [0.3, 0.4) is 0 Å². The lowest BCUT2D eigenvalue weighted by Crippen LogP contribution is -2.37. The molecular formula is C12H14Cl2N2O5. The molecule has 0 bridgehead atoms. The molecule has 116 valence electrons. The minimum absolute atomic E-state index is 0.00419. The molecule has 9 heteroatoms. The first-order valence-electron chi connectivity index (χ1n) is 6.09. The molecule has 0 radical (unpaired) electrons. The van der Waals surface area contributed by atoms with Crippen LogP contribution in [0.5, 0.6) is 5.75 Å². The molecule has 0 heterocycles. The Morgan fingerprint density at radius 3 is 2.48 bits per heavy atom. The van der Waals surface area contributed by atoms with E-state index in [0.29, 0.717) is 6.54 Å². The summed E-state index contributed by atoms with van der Waals surface area (Å²) in [6, 6.07) is 1.51. The van der Waals surface area contributed by atoms with Crippen molar-refractivity contribution in [2.75, 3.05) is 13.2 Å². The molecule has 0 aromatic heterocycles. The number of benzene rings is 1. The molecule has 0 fully saturated rings. The number of aliphatic carboxylic acids is 1. The van der Waals surface area contributed by atoms with Gasteiger partial charge in [0.2, 0.25) is 0 Å². The Kier molecular flexibility index (Phi) is 6.67. The second-order valence-electron chi connectivity index (χ2n) is 4.08. The predicted molar refractivity (Wildman–Crippen MR) is 78.3 cm³/mol. The standard InChI is InChI=1S/C12H14Cl2N2O5/c1-2-15-10(12(17)18)3-4-21-11-8(13)5-7(16(19)20)6-9(11)14/h5-6,10,15H,2-4H2,1H3,(H,17,18). The second kappa shape index (κ2) is 8.02. The first-order valence-corrected chi connectivity index (χ1v) is 6.84. The molecule has 7 nitrogen and oxygen atoms in total. The van der Waals surface area contributed by atoms with Gasteiger partial charge in [-0.15, -0.1) is 0 Å². The number of nitro groups is 1. The Hall–Kier alpha value is -1.57. The third-order valence-corrected chi connectivity index (χ3v) is 3.16. The summed E-state index contributed by atoms with van der Waals surface area (Å²) in [7, 11) is 0. The largest absolute Gasteiger partial charge is 0.490 e. The molecule has 0 amide bonds. The van der Waals surface area contributed by atoms with Crippen molar-refractivity contribution in [1.82, 2.24) is 5.32 Å². The molecule has 0 spiro atoms. The summed E-state index contributed by atoms with van der Waals surface area (Å²) in [4.78, 5) is 21.0. The average molecular weight is 337 g/mol. The fraction of sp³-hybridized carbons (Fsp3) is 0.417. The van der Waals surface area contributed by atoms with Crippen LogP contribution in [0.4, 0.5) is 5.69 Å². The maximum atomic E-state index is 10.9. The Morgan fingerprint density at radius 1 is 1.48 bits per heavy atom.